The van der Waals surface area contributed by atoms with E-state index < -0.39 is 16.6 Å². The molecule has 4 heteroatoms. The van der Waals surface area contributed by atoms with E-state index in [4.69, 9.17) is 4.74 Å². The molecule has 1 aromatic carbocycles. The van der Waals surface area contributed by atoms with Crippen LogP contribution in [-0.4, -0.2) is 18.9 Å². The number of rotatable bonds is 3. The Hall–Kier alpha value is -1.71. The third kappa shape index (κ3) is 1.23. The van der Waals surface area contributed by atoms with Crippen molar-refractivity contribution in [3.8, 4) is 0 Å². The summed E-state index contributed by atoms with van der Waals surface area (Å²) in [6.07, 6.45) is 1.50. The summed E-state index contributed by atoms with van der Waals surface area (Å²) in [5, 5.41) is 0. The van der Waals surface area contributed by atoms with Gasteiger partial charge in [-0.15, -0.1) is 0 Å². The largest absolute Gasteiger partial charge is 0.469 e. The van der Waals surface area contributed by atoms with Crippen molar-refractivity contribution in [3.63, 3.8) is 0 Å². The summed E-state index contributed by atoms with van der Waals surface area (Å²) in [6.45, 7) is 0. The Morgan fingerprint density at radius 2 is 1.78 bits per heavy atom. The van der Waals surface area contributed by atoms with Crippen LogP contribution in [0.15, 0.2) is 24.3 Å². The van der Waals surface area contributed by atoms with Crippen LogP contribution >= 0.6 is 0 Å². The lowest BCUT2D eigenvalue weighted by molar-refractivity contribution is -0.207. The van der Waals surface area contributed by atoms with Crippen LogP contribution < -0.4 is 0 Å². The van der Waals surface area contributed by atoms with Crippen LogP contribution in [0.5, 0.6) is 0 Å². The monoisotopic (exact) mass is 248 g/mol. The summed E-state index contributed by atoms with van der Waals surface area (Å²) < 4.78 is 18.3. The molecule has 2 bridgehead atoms. The molecule has 3 nitrogen and oxygen atoms in total. The molecule has 0 amide bonds. The first-order chi connectivity index (χ1) is 8.53. The van der Waals surface area contributed by atoms with Gasteiger partial charge in [0.1, 0.15) is 5.82 Å². The fraction of sp³-hybridized carbons (Fsp3) is 0.429. The second kappa shape index (κ2) is 3.40. The molecule has 0 unspecified atom stereocenters. The molecule has 3 fully saturated rings. The summed E-state index contributed by atoms with van der Waals surface area (Å²) in [5.74, 6) is -0.906. The first-order valence-corrected chi connectivity index (χ1v) is 5.91. The maximum atomic E-state index is 13.6. The molecule has 0 spiro atoms. The van der Waals surface area contributed by atoms with Gasteiger partial charge in [-0.1, -0.05) is 12.1 Å². The van der Waals surface area contributed by atoms with Crippen molar-refractivity contribution in [2.45, 2.75) is 19.3 Å². The fourth-order valence-corrected chi connectivity index (χ4v) is 3.39. The zero-order valence-corrected chi connectivity index (χ0v) is 10.0. The lowest BCUT2D eigenvalue weighted by Gasteiger charge is -2.67. The second-order valence-corrected chi connectivity index (χ2v) is 5.39. The third-order valence-electron chi connectivity index (χ3n) is 4.25. The molecule has 0 saturated heterocycles. The normalized spacial score (nSPS) is 32.1. The number of halogens is 1. The fourth-order valence-electron chi connectivity index (χ4n) is 3.39. The molecule has 3 aliphatic rings. The van der Waals surface area contributed by atoms with Gasteiger partial charge in [0.05, 0.1) is 18.1 Å². The molecule has 0 N–H and O–H groups in total. The molecular weight excluding hydrogens is 235 g/mol. The van der Waals surface area contributed by atoms with Gasteiger partial charge in [-0.05, 0) is 31.4 Å². The number of methoxy groups -OCH3 is 1. The first-order valence-electron chi connectivity index (χ1n) is 5.91. The van der Waals surface area contributed by atoms with Crippen molar-refractivity contribution in [1.29, 1.82) is 0 Å². The molecule has 4 rings (SSSR count). The molecule has 3 aliphatic carbocycles. The standard InChI is InChI=1S/C14H13FO3/c1-18-12(17)14-6-13(7-14,8-14)11(16)9-4-2-3-5-10(9)15/h2-5H,6-8H2,1H3. The van der Waals surface area contributed by atoms with Crippen LogP contribution in [0.1, 0.15) is 29.6 Å². The maximum absolute atomic E-state index is 13.6. The van der Waals surface area contributed by atoms with E-state index in [2.05, 4.69) is 0 Å². The lowest BCUT2D eigenvalue weighted by atomic mass is 9.33. The van der Waals surface area contributed by atoms with Gasteiger partial charge in [-0.3, -0.25) is 9.59 Å². The zero-order valence-electron chi connectivity index (χ0n) is 10.0. The van der Waals surface area contributed by atoms with E-state index in [1.165, 1.54) is 19.2 Å². The molecule has 3 saturated carbocycles. The van der Waals surface area contributed by atoms with Gasteiger partial charge in [0, 0.05) is 5.41 Å². The van der Waals surface area contributed by atoms with Crippen LogP contribution in [0.4, 0.5) is 4.39 Å². The molecule has 1 aromatic rings. The van der Waals surface area contributed by atoms with Gasteiger partial charge in [0.15, 0.2) is 5.78 Å². The number of carbonyl (C=O) groups excluding carboxylic acids is 2. The highest BCUT2D eigenvalue weighted by Gasteiger charge is 2.75. The van der Waals surface area contributed by atoms with Crippen molar-refractivity contribution in [1.82, 2.24) is 0 Å². The number of benzene rings is 1. The predicted molar refractivity (Wildman–Crippen MR) is 61.5 cm³/mol. The summed E-state index contributed by atoms with van der Waals surface area (Å²) in [6, 6.07) is 6.00. The van der Waals surface area contributed by atoms with Gasteiger partial charge in [0.2, 0.25) is 0 Å². The van der Waals surface area contributed by atoms with Crippen LogP contribution in [0.25, 0.3) is 0 Å². The van der Waals surface area contributed by atoms with Crippen LogP contribution in [0, 0.1) is 16.6 Å². The first kappa shape index (κ1) is 11.4. The summed E-state index contributed by atoms with van der Waals surface area (Å²) in [4.78, 5) is 23.8. The Bertz CT molecular complexity index is 530. The summed E-state index contributed by atoms with van der Waals surface area (Å²) in [7, 11) is 1.36. The second-order valence-electron chi connectivity index (χ2n) is 5.39. The smallest absolute Gasteiger partial charge is 0.311 e. The van der Waals surface area contributed by atoms with Gasteiger partial charge in [0.25, 0.3) is 0 Å². The zero-order chi connectivity index (χ0) is 13.0. The number of ketones is 1. The molecule has 0 aromatic heterocycles. The van der Waals surface area contributed by atoms with Crippen LogP contribution in [0.3, 0.4) is 0 Å². The van der Waals surface area contributed by atoms with Gasteiger partial charge in [-0.25, -0.2) is 4.39 Å². The lowest BCUT2D eigenvalue weighted by Crippen LogP contribution is -2.68. The number of ether oxygens (including phenoxy) is 1. The number of hydrogen-bond donors (Lipinski definition) is 0. The molecule has 94 valence electrons. The minimum atomic E-state index is -0.517. The molecule has 0 radical (unpaired) electrons. The topological polar surface area (TPSA) is 43.4 Å². The van der Waals surface area contributed by atoms with E-state index in [9.17, 15) is 14.0 Å². The van der Waals surface area contributed by atoms with E-state index in [0.29, 0.717) is 19.3 Å². The van der Waals surface area contributed by atoms with Crippen molar-refractivity contribution in [3.05, 3.63) is 35.6 Å². The summed E-state index contributed by atoms with van der Waals surface area (Å²) >= 11 is 0. The maximum Gasteiger partial charge on any atom is 0.311 e. The van der Waals surface area contributed by atoms with Crippen LogP contribution in [-0.2, 0) is 9.53 Å². The molecular formula is C14H13FO3. The highest BCUT2D eigenvalue weighted by molar-refractivity contribution is 6.05. The Kier molecular flexibility index (Phi) is 2.15. The number of hydrogen-bond acceptors (Lipinski definition) is 3. The van der Waals surface area contributed by atoms with E-state index in [0.717, 1.165) is 0 Å². The Labute approximate surface area is 104 Å². The summed E-state index contributed by atoms with van der Waals surface area (Å²) in [5.41, 5.74) is -0.845. The van der Waals surface area contributed by atoms with Gasteiger partial charge in [-0.2, -0.15) is 0 Å². The van der Waals surface area contributed by atoms with Gasteiger partial charge >= 0.3 is 5.97 Å². The minimum absolute atomic E-state index is 0.135. The SMILES string of the molecule is COC(=O)C12CC(C(=O)c3ccccc3F)(C1)C2. The highest BCUT2D eigenvalue weighted by atomic mass is 19.1. The molecule has 18 heavy (non-hydrogen) atoms. The van der Waals surface area contributed by atoms with Crippen molar-refractivity contribution in [2.75, 3.05) is 7.11 Å². The molecule has 0 aliphatic heterocycles. The third-order valence-corrected chi connectivity index (χ3v) is 4.25. The highest BCUT2D eigenvalue weighted by Crippen LogP contribution is 2.74. The Morgan fingerprint density at radius 1 is 1.17 bits per heavy atom. The predicted octanol–water partition coefficient (Wildman–Crippen LogP) is 2.35. The van der Waals surface area contributed by atoms with Crippen molar-refractivity contribution >= 4 is 11.8 Å². The van der Waals surface area contributed by atoms with Crippen molar-refractivity contribution in [2.24, 2.45) is 10.8 Å². The van der Waals surface area contributed by atoms with E-state index in [1.54, 1.807) is 12.1 Å². The van der Waals surface area contributed by atoms with Gasteiger partial charge < -0.3 is 4.74 Å². The van der Waals surface area contributed by atoms with E-state index >= 15 is 0 Å². The minimum Gasteiger partial charge on any atom is -0.469 e. The molecule has 0 heterocycles. The average Bonchev–Trinajstić information content (AvgIpc) is 2.25. The van der Waals surface area contributed by atoms with Crippen LogP contribution in [0.2, 0.25) is 0 Å². The number of Topliss-reactive ketones (excluding diaryl/α,β-unsaturated/α-hetero) is 1. The number of carbonyl (C=O) groups is 2. The quantitative estimate of drug-likeness (QED) is 0.609. The van der Waals surface area contributed by atoms with E-state index in [-0.39, 0.29) is 17.3 Å². The Morgan fingerprint density at radius 3 is 2.33 bits per heavy atom. The van der Waals surface area contributed by atoms with Crippen molar-refractivity contribution < 1.29 is 18.7 Å². The Balaban J connectivity index is 1.79. The average molecular weight is 248 g/mol. The molecule has 0 atom stereocenters. The van der Waals surface area contributed by atoms with E-state index in [1.807, 2.05) is 0 Å². The number of esters is 1.